The van der Waals surface area contributed by atoms with Gasteiger partial charge in [0.2, 0.25) is 0 Å². The molecule has 0 aliphatic carbocycles. The summed E-state index contributed by atoms with van der Waals surface area (Å²) in [6.45, 7) is 4.93. The molecule has 0 spiro atoms. The van der Waals surface area contributed by atoms with Gasteiger partial charge in [0.05, 0.1) is 6.61 Å². The number of hydrogen-bond donors (Lipinski definition) is 1. The number of benzene rings is 1. The summed E-state index contributed by atoms with van der Waals surface area (Å²) in [4.78, 5) is 14.6. The van der Waals surface area contributed by atoms with Gasteiger partial charge in [-0.3, -0.25) is 10.2 Å². The van der Waals surface area contributed by atoms with E-state index in [1.54, 1.807) is 12.1 Å². The van der Waals surface area contributed by atoms with Crippen LogP contribution in [0.5, 0.6) is 0 Å². The number of piperidine rings is 1. The van der Waals surface area contributed by atoms with Crippen LogP contribution in [0.1, 0.15) is 36.5 Å². The van der Waals surface area contributed by atoms with E-state index in [0.29, 0.717) is 24.5 Å². The van der Waals surface area contributed by atoms with Crippen molar-refractivity contribution in [2.45, 2.75) is 26.2 Å². The fourth-order valence-electron chi connectivity index (χ4n) is 2.77. The minimum atomic E-state index is -0.317. The Kier molecular flexibility index (Phi) is 6.07. The molecule has 1 heterocycles. The Morgan fingerprint density at radius 1 is 1.32 bits per heavy atom. The Balaban J connectivity index is 1.78. The molecule has 0 unspecified atom stereocenters. The van der Waals surface area contributed by atoms with Crippen molar-refractivity contribution in [1.82, 2.24) is 4.90 Å². The van der Waals surface area contributed by atoms with Crippen LogP contribution < -0.4 is 0 Å². The van der Waals surface area contributed by atoms with Crippen molar-refractivity contribution in [1.29, 1.82) is 5.41 Å². The fourth-order valence-corrected chi connectivity index (χ4v) is 2.77. The van der Waals surface area contributed by atoms with Crippen LogP contribution in [0.4, 0.5) is 4.39 Å². The molecule has 1 aliphatic heterocycles. The Morgan fingerprint density at radius 2 is 1.95 bits per heavy atom. The van der Waals surface area contributed by atoms with Gasteiger partial charge in [-0.15, -0.1) is 0 Å². The molecule has 0 bridgehead atoms. The molecule has 0 aromatic heterocycles. The average molecular weight is 306 g/mol. The van der Waals surface area contributed by atoms with Crippen LogP contribution >= 0.6 is 0 Å². The third-order valence-electron chi connectivity index (χ3n) is 4.06. The van der Waals surface area contributed by atoms with E-state index in [-0.39, 0.29) is 17.5 Å². The molecule has 1 fully saturated rings. The Hall–Kier alpha value is -1.75. The lowest BCUT2D eigenvalue weighted by molar-refractivity contribution is 0.0841. The lowest BCUT2D eigenvalue weighted by atomic mass is 9.89. The van der Waals surface area contributed by atoms with Crippen LogP contribution in [0, 0.1) is 17.1 Å². The first-order valence-electron chi connectivity index (χ1n) is 7.82. The highest BCUT2D eigenvalue weighted by molar-refractivity contribution is 5.97. The molecular weight excluding hydrogens is 283 g/mol. The molecule has 0 radical (unpaired) electrons. The lowest BCUT2D eigenvalue weighted by Gasteiger charge is -2.31. The summed E-state index contributed by atoms with van der Waals surface area (Å²) in [5.41, 5.74) is 0.595. The normalized spacial score (nSPS) is 16.5. The maximum atomic E-state index is 12.9. The van der Waals surface area contributed by atoms with Crippen molar-refractivity contribution in [3.8, 4) is 0 Å². The molecule has 1 aromatic rings. The van der Waals surface area contributed by atoms with E-state index in [4.69, 9.17) is 10.1 Å². The van der Waals surface area contributed by atoms with Crippen molar-refractivity contribution < 1.29 is 13.9 Å². The Morgan fingerprint density at radius 3 is 2.55 bits per heavy atom. The lowest BCUT2D eigenvalue weighted by Crippen LogP contribution is -2.37. The van der Waals surface area contributed by atoms with E-state index in [9.17, 15) is 9.18 Å². The van der Waals surface area contributed by atoms with Crippen molar-refractivity contribution in [3.63, 3.8) is 0 Å². The van der Waals surface area contributed by atoms with Crippen LogP contribution in [0.25, 0.3) is 0 Å². The second kappa shape index (κ2) is 8.03. The summed E-state index contributed by atoms with van der Waals surface area (Å²) in [5.74, 6) is 0.143. The van der Waals surface area contributed by atoms with Crippen LogP contribution in [-0.2, 0) is 4.74 Å². The molecule has 1 aromatic carbocycles. The number of Topliss-reactive ketones (excluding diaryl/α,β-unsaturated/α-hetero) is 1. The number of likely N-dealkylation sites (tertiary alicyclic amines) is 1. The fraction of sp³-hybridized carbons (Fsp3) is 0.529. The first-order chi connectivity index (χ1) is 10.6. The van der Waals surface area contributed by atoms with Gasteiger partial charge in [0.15, 0.2) is 11.7 Å². The van der Waals surface area contributed by atoms with Gasteiger partial charge in [0, 0.05) is 24.4 Å². The zero-order chi connectivity index (χ0) is 15.9. The summed E-state index contributed by atoms with van der Waals surface area (Å²) >= 11 is 0. The highest BCUT2D eigenvalue weighted by atomic mass is 19.1. The molecular formula is C17H23FN2O2. The molecule has 0 atom stereocenters. The standard InChI is InChI=1S/C17H23FN2O2/c1-2-22-16(19)9-12-20-10-7-14(8-11-20)17(21)13-3-5-15(18)6-4-13/h3-6,14,19H,2,7-12H2,1H3. The summed E-state index contributed by atoms with van der Waals surface area (Å²) in [6.07, 6.45) is 2.25. The number of carbonyl (C=O) groups excluding carboxylic acids is 1. The third kappa shape index (κ3) is 4.63. The first kappa shape index (κ1) is 16.6. The van der Waals surface area contributed by atoms with Crippen molar-refractivity contribution in [2.24, 2.45) is 5.92 Å². The van der Waals surface area contributed by atoms with E-state index in [1.807, 2.05) is 6.92 Å². The van der Waals surface area contributed by atoms with Crippen molar-refractivity contribution in [2.75, 3.05) is 26.2 Å². The molecule has 22 heavy (non-hydrogen) atoms. The molecule has 5 heteroatoms. The van der Waals surface area contributed by atoms with E-state index < -0.39 is 0 Å². The molecule has 2 rings (SSSR count). The zero-order valence-electron chi connectivity index (χ0n) is 13.0. The molecule has 0 saturated carbocycles. The topological polar surface area (TPSA) is 53.4 Å². The van der Waals surface area contributed by atoms with Gasteiger partial charge in [0.25, 0.3) is 0 Å². The van der Waals surface area contributed by atoms with E-state index in [1.165, 1.54) is 12.1 Å². The van der Waals surface area contributed by atoms with Crippen molar-refractivity contribution in [3.05, 3.63) is 35.6 Å². The second-order valence-electron chi connectivity index (χ2n) is 5.59. The highest BCUT2D eigenvalue weighted by Gasteiger charge is 2.25. The number of ether oxygens (including phenoxy) is 1. The predicted molar refractivity (Wildman–Crippen MR) is 83.9 cm³/mol. The number of ketones is 1. The van der Waals surface area contributed by atoms with Gasteiger partial charge in [-0.25, -0.2) is 4.39 Å². The SMILES string of the molecule is CCOC(=N)CCN1CCC(C(=O)c2ccc(F)cc2)CC1. The van der Waals surface area contributed by atoms with Crippen molar-refractivity contribution >= 4 is 11.7 Å². The summed E-state index contributed by atoms with van der Waals surface area (Å²) < 4.78 is 18.0. The maximum absolute atomic E-state index is 12.9. The number of nitrogens with zero attached hydrogens (tertiary/aromatic N) is 1. The molecule has 1 N–H and O–H groups in total. The number of carbonyl (C=O) groups is 1. The van der Waals surface area contributed by atoms with Crippen LogP contribution in [0.2, 0.25) is 0 Å². The molecule has 1 saturated heterocycles. The van der Waals surface area contributed by atoms with Gasteiger partial charge in [-0.05, 0) is 57.1 Å². The molecule has 0 amide bonds. The zero-order valence-corrected chi connectivity index (χ0v) is 13.0. The van der Waals surface area contributed by atoms with Gasteiger partial charge in [-0.2, -0.15) is 0 Å². The smallest absolute Gasteiger partial charge is 0.181 e. The number of rotatable bonds is 6. The largest absolute Gasteiger partial charge is 0.481 e. The summed E-state index contributed by atoms with van der Waals surface area (Å²) in [5, 5.41) is 7.61. The summed E-state index contributed by atoms with van der Waals surface area (Å²) in [7, 11) is 0. The summed E-state index contributed by atoms with van der Waals surface area (Å²) in [6, 6.07) is 5.80. The monoisotopic (exact) mass is 306 g/mol. The minimum Gasteiger partial charge on any atom is -0.481 e. The Bertz CT molecular complexity index is 508. The molecule has 4 nitrogen and oxygen atoms in total. The third-order valence-corrected chi connectivity index (χ3v) is 4.06. The minimum absolute atomic E-state index is 0.0213. The van der Waals surface area contributed by atoms with Gasteiger partial charge in [0.1, 0.15) is 5.82 Å². The van der Waals surface area contributed by atoms with Crippen LogP contribution in [0.15, 0.2) is 24.3 Å². The molecule has 120 valence electrons. The second-order valence-corrected chi connectivity index (χ2v) is 5.59. The van der Waals surface area contributed by atoms with E-state index in [2.05, 4.69) is 4.90 Å². The number of nitrogens with one attached hydrogen (secondary N) is 1. The van der Waals surface area contributed by atoms with E-state index >= 15 is 0 Å². The quantitative estimate of drug-likeness (QED) is 0.499. The molecule has 1 aliphatic rings. The average Bonchev–Trinajstić information content (AvgIpc) is 2.54. The van der Waals surface area contributed by atoms with Crippen LogP contribution in [0.3, 0.4) is 0 Å². The predicted octanol–water partition coefficient (Wildman–Crippen LogP) is 3.12. The highest BCUT2D eigenvalue weighted by Crippen LogP contribution is 2.22. The Labute approximate surface area is 130 Å². The van der Waals surface area contributed by atoms with E-state index in [0.717, 1.165) is 32.5 Å². The number of halogens is 1. The maximum Gasteiger partial charge on any atom is 0.181 e. The first-order valence-corrected chi connectivity index (χ1v) is 7.82. The van der Waals surface area contributed by atoms with Crippen LogP contribution in [-0.4, -0.2) is 42.8 Å². The van der Waals surface area contributed by atoms with Gasteiger partial charge < -0.3 is 9.64 Å². The number of hydrogen-bond acceptors (Lipinski definition) is 4. The van der Waals surface area contributed by atoms with Gasteiger partial charge in [-0.1, -0.05) is 0 Å². The van der Waals surface area contributed by atoms with Gasteiger partial charge >= 0.3 is 0 Å².